The van der Waals surface area contributed by atoms with Crippen molar-refractivity contribution in [1.82, 2.24) is 15.1 Å². The number of ether oxygens (including phenoxy) is 5. The van der Waals surface area contributed by atoms with E-state index in [1.54, 1.807) is 48.5 Å². The van der Waals surface area contributed by atoms with E-state index in [0.29, 0.717) is 54.2 Å². The predicted molar refractivity (Wildman–Crippen MR) is 242 cm³/mol. The molecule has 0 spiro atoms. The van der Waals surface area contributed by atoms with Crippen molar-refractivity contribution < 1.29 is 48.0 Å². The third kappa shape index (κ3) is 9.67. The Labute approximate surface area is 372 Å². The van der Waals surface area contributed by atoms with Crippen LogP contribution in [0.1, 0.15) is 73.2 Å². The van der Waals surface area contributed by atoms with Crippen LogP contribution in [0.15, 0.2) is 101 Å². The van der Waals surface area contributed by atoms with Gasteiger partial charge < -0.3 is 43.9 Å². The summed E-state index contributed by atoms with van der Waals surface area (Å²) in [5.74, 6) is 0.695. The quantitative estimate of drug-likeness (QED) is 0.0933. The van der Waals surface area contributed by atoms with Crippen molar-refractivity contribution >= 4 is 47.0 Å². The van der Waals surface area contributed by atoms with E-state index < -0.39 is 24.3 Å². The van der Waals surface area contributed by atoms with E-state index >= 15 is 0 Å². The molecule has 0 unspecified atom stereocenters. The van der Waals surface area contributed by atoms with Gasteiger partial charge in [-0.2, -0.15) is 0 Å². The first-order valence-electron chi connectivity index (χ1n) is 21.2. The summed E-state index contributed by atoms with van der Waals surface area (Å²) in [5, 5.41) is 18.2. The first-order chi connectivity index (χ1) is 30.9. The Morgan fingerprint density at radius 3 is 2.14 bits per heavy atom. The number of carbonyl (C=O) groups is 4. The second kappa shape index (κ2) is 20.1. The van der Waals surface area contributed by atoms with Crippen LogP contribution in [0.25, 0.3) is 0 Å². The monoisotopic (exact) mass is 874 g/mol. The standard InChI is InChI=1S/C48H54N6O10/c1-7-10-32-18-35-24-49-38-22-43(41(60-5)20-36(38)45(56)52(35)25-32)62-16-9-17-63-44-23-39-37(21-42(44)61-6)46(57)53-26-33(11-8-2)19-40(53)47(58)54(39)48(59)64-27-31-12-14-34(15-13-31)51-28-50-29(3)30(4)55/h7-8,10-15,20-26,29,35,40,47,50-51,58H,9,16-19,27-28H2,1-6H3/b10-7+,11-8+/t29-,35-,40-,47-/m0/s1. The molecule has 3 amide bonds. The molecule has 3 N–H and O–H groups in total. The fourth-order valence-electron chi connectivity index (χ4n) is 7.84. The Morgan fingerprint density at radius 2 is 1.48 bits per heavy atom. The number of anilines is 2. The molecule has 336 valence electrons. The molecule has 0 aromatic heterocycles. The molecule has 4 heterocycles. The number of amides is 3. The molecule has 3 aromatic rings. The molecule has 4 aliphatic rings. The van der Waals surface area contributed by atoms with Crippen molar-refractivity contribution in [2.45, 2.75) is 77.9 Å². The van der Waals surface area contributed by atoms with Gasteiger partial charge in [-0.25, -0.2) is 9.69 Å². The lowest BCUT2D eigenvalue weighted by atomic mass is 10.1. The summed E-state index contributed by atoms with van der Waals surface area (Å²) in [7, 11) is 2.96. The van der Waals surface area contributed by atoms with E-state index in [4.69, 9.17) is 23.7 Å². The number of rotatable bonds is 17. The number of nitrogens with zero attached hydrogens (tertiary/aromatic N) is 4. The lowest BCUT2D eigenvalue weighted by Gasteiger charge is -2.31. The number of hydrogen-bond donors (Lipinski definition) is 3. The average molecular weight is 875 g/mol. The van der Waals surface area contributed by atoms with Crippen LogP contribution < -0.4 is 34.5 Å². The molecule has 3 aromatic carbocycles. The second-order valence-electron chi connectivity index (χ2n) is 15.7. The van der Waals surface area contributed by atoms with Crippen LogP contribution >= 0.6 is 0 Å². The Hall–Kier alpha value is -6.91. The van der Waals surface area contributed by atoms with Gasteiger partial charge in [-0.05, 0) is 81.5 Å². The van der Waals surface area contributed by atoms with Crippen molar-refractivity contribution in [2.75, 3.05) is 44.3 Å². The van der Waals surface area contributed by atoms with Gasteiger partial charge in [0.2, 0.25) is 0 Å². The van der Waals surface area contributed by atoms with Gasteiger partial charge in [0.1, 0.15) is 12.4 Å². The first kappa shape index (κ1) is 45.1. The Kier molecular flexibility index (Phi) is 14.2. The summed E-state index contributed by atoms with van der Waals surface area (Å²) in [6.07, 6.45) is 12.0. The van der Waals surface area contributed by atoms with Gasteiger partial charge in [-0.3, -0.25) is 24.7 Å². The molecule has 0 saturated carbocycles. The lowest BCUT2D eigenvalue weighted by molar-refractivity contribution is -0.118. The highest BCUT2D eigenvalue weighted by atomic mass is 16.6. The van der Waals surface area contributed by atoms with Crippen molar-refractivity contribution in [3.8, 4) is 23.0 Å². The van der Waals surface area contributed by atoms with Crippen LogP contribution in [0, 0.1) is 0 Å². The number of fused-ring (bicyclic) bond motifs is 4. The summed E-state index contributed by atoms with van der Waals surface area (Å²) in [5.41, 5.74) is 4.43. The summed E-state index contributed by atoms with van der Waals surface area (Å²) in [6.45, 7) is 7.72. The van der Waals surface area contributed by atoms with Gasteiger partial charge in [0.25, 0.3) is 11.8 Å². The minimum Gasteiger partial charge on any atom is -0.493 e. The highest BCUT2D eigenvalue weighted by Gasteiger charge is 2.45. The van der Waals surface area contributed by atoms with Gasteiger partial charge in [0, 0.05) is 42.9 Å². The summed E-state index contributed by atoms with van der Waals surface area (Å²) >= 11 is 0. The van der Waals surface area contributed by atoms with E-state index in [-0.39, 0.29) is 66.3 Å². The van der Waals surface area contributed by atoms with Gasteiger partial charge in [-0.1, -0.05) is 36.4 Å². The number of nitrogens with one attached hydrogen (secondary N) is 2. The number of methoxy groups -OCH3 is 2. The number of Topliss-reactive ketones (excluding diaryl/α,β-unsaturated/α-hetero) is 1. The molecular weight excluding hydrogens is 821 g/mol. The van der Waals surface area contributed by atoms with Crippen LogP contribution in [0.4, 0.5) is 21.9 Å². The molecule has 0 saturated heterocycles. The van der Waals surface area contributed by atoms with E-state index in [9.17, 15) is 24.3 Å². The molecule has 4 aliphatic heterocycles. The zero-order chi connectivity index (χ0) is 45.5. The maximum atomic E-state index is 14.2. The molecular formula is C48H54N6O10. The Bertz CT molecular complexity index is 2430. The molecule has 0 aliphatic carbocycles. The number of aliphatic hydroxyl groups is 1. The zero-order valence-corrected chi connectivity index (χ0v) is 36.8. The highest BCUT2D eigenvalue weighted by molar-refractivity contribution is 6.07. The molecule has 0 fully saturated rings. The average Bonchev–Trinajstić information content (AvgIpc) is 3.87. The third-order valence-electron chi connectivity index (χ3n) is 11.4. The molecule has 7 rings (SSSR count). The summed E-state index contributed by atoms with van der Waals surface area (Å²) in [6, 6.07) is 12.3. The second-order valence-corrected chi connectivity index (χ2v) is 15.7. The normalized spacial score (nSPS) is 19.3. The van der Waals surface area contributed by atoms with Crippen LogP contribution in [0.2, 0.25) is 0 Å². The van der Waals surface area contributed by atoms with Crippen LogP contribution in [0.3, 0.4) is 0 Å². The van der Waals surface area contributed by atoms with Crippen molar-refractivity contribution in [3.05, 3.63) is 113 Å². The molecule has 16 heteroatoms. The lowest BCUT2D eigenvalue weighted by Crippen LogP contribution is -2.50. The van der Waals surface area contributed by atoms with Gasteiger partial charge in [0.15, 0.2) is 29.2 Å². The smallest absolute Gasteiger partial charge is 0.416 e. The largest absolute Gasteiger partial charge is 0.493 e. The Balaban J connectivity index is 1.05. The SMILES string of the molecule is C/C=C/C1=CN2C(=O)c3cc(OC)c(OCCCOc4cc5c(cc4OC)C(=O)N4C=C(/C=C/C)C[C@H]4[C@H](O)N5C(=O)OCc4ccc(NCN[C@@H](C)C(C)=O)cc4)cc3N=C[C@@H]2C1. The van der Waals surface area contributed by atoms with E-state index in [1.165, 1.54) is 38.2 Å². The highest BCUT2D eigenvalue weighted by Crippen LogP contribution is 2.43. The van der Waals surface area contributed by atoms with Crippen molar-refractivity contribution in [3.63, 3.8) is 0 Å². The maximum Gasteiger partial charge on any atom is 0.416 e. The van der Waals surface area contributed by atoms with Crippen LogP contribution in [0.5, 0.6) is 23.0 Å². The molecule has 4 atom stereocenters. The van der Waals surface area contributed by atoms with Gasteiger partial charge >= 0.3 is 6.09 Å². The molecule has 0 radical (unpaired) electrons. The minimum atomic E-state index is -1.48. The summed E-state index contributed by atoms with van der Waals surface area (Å²) < 4.78 is 29.4. The number of benzene rings is 3. The number of aliphatic hydroxyl groups excluding tert-OH is 1. The minimum absolute atomic E-state index is 0.0360. The predicted octanol–water partition coefficient (Wildman–Crippen LogP) is 7.03. The number of allylic oxidation sites excluding steroid dienone is 4. The molecule has 0 bridgehead atoms. The topological polar surface area (TPSA) is 181 Å². The van der Waals surface area contributed by atoms with E-state index in [1.807, 2.05) is 56.5 Å². The molecule has 16 nitrogen and oxygen atoms in total. The fourth-order valence-corrected chi connectivity index (χ4v) is 7.84. The van der Waals surface area contributed by atoms with Crippen LogP contribution in [-0.4, -0.2) is 103 Å². The number of ketones is 1. The molecule has 64 heavy (non-hydrogen) atoms. The van der Waals surface area contributed by atoms with Crippen molar-refractivity contribution in [2.24, 2.45) is 4.99 Å². The zero-order valence-electron chi connectivity index (χ0n) is 36.8. The number of carbonyl (C=O) groups excluding carboxylic acids is 4. The number of hydrogen-bond acceptors (Lipinski definition) is 13. The fraction of sp³-hybridized carbons (Fsp3) is 0.354. The summed E-state index contributed by atoms with van der Waals surface area (Å²) in [4.78, 5) is 62.3. The van der Waals surface area contributed by atoms with Gasteiger partial charge in [-0.15, -0.1) is 0 Å². The van der Waals surface area contributed by atoms with E-state index in [0.717, 1.165) is 21.7 Å². The Morgan fingerprint density at radius 1 is 0.859 bits per heavy atom. The maximum absolute atomic E-state index is 14.2. The first-order valence-corrected chi connectivity index (χ1v) is 21.2. The van der Waals surface area contributed by atoms with Crippen LogP contribution in [-0.2, 0) is 16.1 Å². The van der Waals surface area contributed by atoms with Crippen molar-refractivity contribution in [1.29, 1.82) is 0 Å². The third-order valence-corrected chi connectivity index (χ3v) is 11.4. The number of aliphatic imine (C=N–C) groups is 1. The van der Waals surface area contributed by atoms with E-state index in [2.05, 4.69) is 15.6 Å². The van der Waals surface area contributed by atoms with Gasteiger partial charge in [0.05, 0.1) is 74.7 Å².